The van der Waals surface area contributed by atoms with Gasteiger partial charge in [-0.05, 0) is 37.1 Å². The highest BCUT2D eigenvalue weighted by molar-refractivity contribution is 5.12. The van der Waals surface area contributed by atoms with Crippen molar-refractivity contribution in [1.29, 1.82) is 0 Å². The van der Waals surface area contributed by atoms with Crippen molar-refractivity contribution in [3.05, 3.63) is 61.0 Å². The molecule has 2 aromatic heterocycles. The zero-order chi connectivity index (χ0) is 16.3. The molecule has 3 rings (SSSR count). The molecule has 4 unspecified atom stereocenters. The Morgan fingerprint density at radius 2 is 2.00 bits per heavy atom. The van der Waals surface area contributed by atoms with E-state index in [1.54, 1.807) is 12.5 Å². The average Bonchev–Trinajstić information content (AvgIpc) is 3.22. The van der Waals surface area contributed by atoms with Gasteiger partial charge in [-0.15, -0.1) is 6.58 Å². The largest absolute Gasteiger partial charge is 0.463 e. The Bertz CT molecular complexity index is 605. The summed E-state index contributed by atoms with van der Waals surface area (Å²) in [5.74, 6) is 1.95. The van der Waals surface area contributed by atoms with E-state index >= 15 is 0 Å². The van der Waals surface area contributed by atoms with E-state index in [1.807, 2.05) is 30.3 Å². The maximum atomic E-state index is 11.4. The van der Waals surface area contributed by atoms with E-state index < -0.39 is 5.60 Å². The van der Waals surface area contributed by atoms with Crippen molar-refractivity contribution >= 4 is 0 Å². The molecule has 4 heteroatoms. The lowest BCUT2D eigenvalue weighted by atomic mass is 9.69. The van der Waals surface area contributed by atoms with Crippen molar-refractivity contribution in [2.24, 2.45) is 5.92 Å². The molecular weight excluding hydrogens is 290 g/mol. The number of rotatable bonds is 6. The highest BCUT2D eigenvalue weighted by Crippen LogP contribution is 2.43. The molecule has 0 aromatic carbocycles. The van der Waals surface area contributed by atoms with Crippen LogP contribution in [-0.4, -0.2) is 10.7 Å². The van der Waals surface area contributed by atoms with E-state index in [0.29, 0.717) is 12.8 Å². The molecule has 0 radical (unpaired) electrons. The summed E-state index contributed by atoms with van der Waals surface area (Å²) in [6.07, 6.45) is 8.45. The summed E-state index contributed by atoms with van der Waals surface area (Å²) in [5, 5.41) is 13.7. The minimum absolute atomic E-state index is 0.0816. The summed E-state index contributed by atoms with van der Waals surface area (Å²) >= 11 is 0. The summed E-state index contributed by atoms with van der Waals surface area (Å²) < 4.78 is 11.3. The van der Waals surface area contributed by atoms with Gasteiger partial charge in [-0.2, -0.15) is 0 Å². The standard InChI is InChI=1S/C19H25NO3/c1-3-7-14-18(17-9-6-12-23-17)20-15(16-8-5-11-22-16)13-19(14,21)10-4-2/h4-6,8-9,11-12,14-15,18,20-21H,2-3,7,10,13H2,1H3/p+1. The number of furan rings is 2. The van der Waals surface area contributed by atoms with E-state index in [0.717, 1.165) is 24.4 Å². The zero-order valence-corrected chi connectivity index (χ0v) is 13.7. The molecule has 3 N–H and O–H groups in total. The van der Waals surface area contributed by atoms with Crippen molar-refractivity contribution in [1.82, 2.24) is 0 Å². The quantitative estimate of drug-likeness (QED) is 0.803. The highest BCUT2D eigenvalue weighted by atomic mass is 16.3. The Balaban J connectivity index is 1.97. The van der Waals surface area contributed by atoms with Crippen LogP contribution in [0.4, 0.5) is 0 Å². The van der Waals surface area contributed by atoms with Crippen molar-refractivity contribution in [2.45, 2.75) is 50.3 Å². The number of hydrogen-bond donors (Lipinski definition) is 2. The van der Waals surface area contributed by atoms with E-state index in [2.05, 4.69) is 18.8 Å². The number of hydrogen-bond acceptors (Lipinski definition) is 3. The Hall–Kier alpha value is -1.78. The van der Waals surface area contributed by atoms with Gasteiger partial charge >= 0.3 is 0 Å². The molecule has 124 valence electrons. The van der Waals surface area contributed by atoms with Crippen LogP contribution >= 0.6 is 0 Å². The number of nitrogens with two attached hydrogens (primary N) is 1. The lowest BCUT2D eigenvalue weighted by Crippen LogP contribution is -2.91. The maximum absolute atomic E-state index is 11.4. The Morgan fingerprint density at radius 1 is 1.30 bits per heavy atom. The minimum Gasteiger partial charge on any atom is -0.463 e. The van der Waals surface area contributed by atoms with E-state index in [4.69, 9.17) is 8.83 Å². The van der Waals surface area contributed by atoms with Crippen LogP contribution in [0, 0.1) is 5.92 Å². The van der Waals surface area contributed by atoms with Crippen LogP contribution in [0.1, 0.15) is 56.2 Å². The lowest BCUT2D eigenvalue weighted by molar-refractivity contribution is -0.760. The van der Waals surface area contributed by atoms with Gasteiger partial charge in [0.25, 0.3) is 0 Å². The molecule has 4 nitrogen and oxygen atoms in total. The predicted octanol–water partition coefficient (Wildman–Crippen LogP) is 3.35. The number of quaternary nitrogens is 1. The number of aliphatic hydroxyl groups is 1. The molecule has 0 spiro atoms. The summed E-state index contributed by atoms with van der Waals surface area (Å²) in [7, 11) is 0. The van der Waals surface area contributed by atoms with Gasteiger partial charge < -0.3 is 19.3 Å². The van der Waals surface area contributed by atoms with Gasteiger partial charge in [-0.25, -0.2) is 0 Å². The Kier molecular flexibility index (Phi) is 4.74. The van der Waals surface area contributed by atoms with Crippen LogP contribution in [0.25, 0.3) is 0 Å². The van der Waals surface area contributed by atoms with Crippen LogP contribution in [0.3, 0.4) is 0 Å². The van der Waals surface area contributed by atoms with E-state index in [9.17, 15) is 5.11 Å². The fourth-order valence-corrected chi connectivity index (χ4v) is 4.03. The van der Waals surface area contributed by atoms with Gasteiger partial charge in [0.05, 0.1) is 18.1 Å². The molecule has 0 aliphatic carbocycles. The molecule has 1 aliphatic rings. The summed E-state index contributed by atoms with van der Waals surface area (Å²) in [6, 6.07) is 7.96. The molecule has 1 aliphatic heterocycles. The van der Waals surface area contributed by atoms with Gasteiger partial charge in [0.2, 0.25) is 0 Å². The first-order chi connectivity index (χ1) is 11.2. The molecule has 2 aromatic rings. The average molecular weight is 316 g/mol. The first kappa shape index (κ1) is 16.1. The molecule has 0 amide bonds. The fraction of sp³-hybridized carbons (Fsp3) is 0.474. The summed E-state index contributed by atoms with van der Waals surface area (Å²) in [6.45, 7) is 6.01. The van der Waals surface area contributed by atoms with Gasteiger partial charge in [0.1, 0.15) is 6.04 Å². The number of piperidine rings is 1. The first-order valence-electron chi connectivity index (χ1n) is 8.43. The maximum Gasteiger partial charge on any atom is 0.161 e. The third-order valence-corrected chi connectivity index (χ3v) is 5.01. The van der Waals surface area contributed by atoms with Crippen molar-refractivity contribution in [3.8, 4) is 0 Å². The van der Waals surface area contributed by atoms with Crippen LogP contribution in [0.2, 0.25) is 0 Å². The second kappa shape index (κ2) is 6.77. The molecular formula is C19H26NO3+. The summed E-state index contributed by atoms with van der Waals surface area (Å²) in [4.78, 5) is 0. The van der Waals surface area contributed by atoms with Crippen LogP contribution in [-0.2, 0) is 0 Å². The smallest absolute Gasteiger partial charge is 0.161 e. The minimum atomic E-state index is -0.790. The predicted molar refractivity (Wildman–Crippen MR) is 87.6 cm³/mol. The molecule has 0 saturated carbocycles. The van der Waals surface area contributed by atoms with Gasteiger partial charge in [0, 0.05) is 12.3 Å². The monoisotopic (exact) mass is 316 g/mol. The zero-order valence-electron chi connectivity index (χ0n) is 13.7. The van der Waals surface area contributed by atoms with Crippen LogP contribution in [0.15, 0.2) is 58.3 Å². The van der Waals surface area contributed by atoms with Gasteiger partial charge in [-0.1, -0.05) is 19.4 Å². The van der Waals surface area contributed by atoms with Crippen molar-refractivity contribution < 1.29 is 19.3 Å². The second-order valence-electron chi connectivity index (χ2n) is 6.55. The molecule has 1 saturated heterocycles. The lowest BCUT2D eigenvalue weighted by Gasteiger charge is -2.44. The van der Waals surface area contributed by atoms with E-state index in [-0.39, 0.29) is 18.0 Å². The Morgan fingerprint density at radius 3 is 2.57 bits per heavy atom. The van der Waals surface area contributed by atoms with Crippen LogP contribution < -0.4 is 5.32 Å². The Labute approximate surface area is 137 Å². The second-order valence-corrected chi connectivity index (χ2v) is 6.55. The summed E-state index contributed by atoms with van der Waals surface area (Å²) in [5.41, 5.74) is -0.790. The normalized spacial score (nSPS) is 31.1. The molecule has 1 fully saturated rings. The van der Waals surface area contributed by atoms with Crippen LogP contribution in [0.5, 0.6) is 0 Å². The highest BCUT2D eigenvalue weighted by Gasteiger charge is 2.51. The molecule has 4 atom stereocenters. The SMILES string of the molecule is C=CCC1(O)CC(c2ccco2)[NH2+]C(c2ccco2)C1CCC. The first-order valence-corrected chi connectivity index (χ1v) is 8.43. The molecule has 3 heterocycles. The fourth-order valence-electron chi connectivity index (χ4n) is 4.03. The molecule has 0 bridgehead atoms. The van der Waals surface area contributed by atoms with Gasteiger partial charge in [0.15, 0.2) is 17.6 Å². The van der Waals surface area contributed by atoms with Gasteiger partial charge in [-0.3, -0.25) is 0 Å². The van der Waals surface area contributed by atoms with Crippen molar-refractivity contribution in [3.63, 3.8) is 0 Å². The van der Waals surface area contributed by atoms with Crippen molar-refractivity contribution in [2.75, 3.05) is 0 Å². The molecule has 23 heavy (non-hydrogen) atoms. The van der Waals surface area contributed by atoms with E-state index in [1.165, 1.54) is 0 Å². The third-order valence-electron chi connectivity index (χ3n) is 5.01. The topological polar surface area (TPSA) is 63.1 Å². The third kappa shape index (κ3) is 3.14.